The van der Waals surface area contributed by atoms with Crippen LogP contribution < -0.4 is 11.1 Å². The topological polar surface area (TPSA) is 81.4 Å². The summed E-state index contributed by atoms with van der Waals surface area (Å²) in [6.45, 7) is 7.50. The second kappa shape index (κ2) is 7.83. The quantitative estimate of drug-likeness (QED) is 0.641. The van der Waals surface area contributed by atoms with E-state index in [0.29, 0.717) is 5.69 Å². The molecule has 0 saturated carbocycles. The number of hydrogen-bond donors (Lipinski definition) is 2. The van der Waals surface area contributed by atoms with Gasteiger partial charge in [0.2, 0.25) is 0 Å². The van der Waals surface area contributed by atoms with E-state index in [1.165, 1.54) is 0 Å². The fourth-order valence-corrected chi connectivity index (χ4v) is 2.59. The summed E-state index contributed by atoms with van der Waals surface area (Å²) < 4.78 is 5.11. The Labute approximate surface area is 148 Å². The number of ether oxygens (including phenoxy) is 1. The van der Waals surface area contributed by atoms with Crippen molar-refractivity contribution in [1.82, 2.24) is 0 Å². The molecule has 2 aromatic carbocycles. The number of aryl methyl sites for hydroxylation is 2. The number of benzene rings is 2. The highest BCUT2D eigenvalue weighted by Crippen LogP contribution is 2.27. The summed E-state index contributed by atoms with van der Waals surface area (Å²) >= 11 is 0. The predicted molar refractivity (Wildman–Crippen MR) is 99.8 cm³/mol. The summed E-state index contributed by atoms with van der Waals surface area (Å²) in [5.74, 6) is -0.717. The molecule has 0 aliphatic carbocycles. The Morgan fingerprint density at radius 3 is 2.40 bits per heavy atom. The number of nitrogens with two attached hydrogens (primary N) is 1. The number of nitrogen functional groups attached to an aromatic ring is 1. The number of nitrogens with one attached hydrogen (secondary N) is 1. The monoisotopic (exact) mass is 340 g/mol. The Kier molecular flexibility index (Phi) is 5.80. The molecule has 0 bridgehead atoms. The van der Waals surface area contributed by atoms with Crippen LogP contribution >= 0.6 is 0 Å². The average Bonchev–Trinajstić information content (AvgIpc) is 2.56. The molecule has 25 heavy (non-hydrogen) atoms. The van der Waals surface area contributed by atoms with E-state index < -0.39 is 5.97 Å². The van der Waals surface area contributed by atoms with Crippen molar-refractivity contribution in [3.8, 4) is 0 Å². The van der Waals surface area contributed by atoms with Gasteiger partial charge in [0.25, 0.3) is 5.91 Å². The van der Waals surface area contributed by atoms with Gasteiger partial charge in [-0.2, -0.15) is 0 Å². The van der Waals surface area contributed by atoms with E-state index in [0.717, 1.165) is 22.4 Å². The van der Waals surface area contributed by atoms with Crippen LogP contribution in [0.3, 0.4) is 0 Å². The van der Waals surface area contributed by atoms with Gasteiger partial charge >= 0.3 is 5.97 Å². The molecule has 0 radical (unpaired) electrons. The van der Waals surface area contributed by atoms with E-state index >= 15 is 0 Å². The fourth-order valence-electron chi connectivity index (χ4n) is 2.59. The van der Waals surface area contributed by atoms with Gasteiger partial charge in [-0.3, -0.25) is 4.79 Å². The lowest BCUT2D eigenvalue weighted by Crippen LogP contribution is -2.22. The Hall–Kier alpha value is -2.82. The minimum absolute atomic E-state index is 0.268. The summed E-state index contributed by atoms with van der Waals surface area (Å²) in [5, 5.41) is 2.85. The largest absolute Gasteiger partial charge is 0.452 e. The first-order chi connectivity index (χ1) is 11.8. The number of carbonyl (C=O) groups is 2. The number of hydrogen-bond acceptors (Lipinski definition) is 4. The Morgan fingerprint density at radius 1 is 1.08 bits per heavy atom. The molecular weight excluding hydrogens is 316 g/mol. The number of para-hydroxylation sites is 2. The van der Waals surface area contributed by atoms with Crippen molar-refractivity contribution in [1.29, 1.82) is 0 Å². The molecule has 132 valence electrons. The zero-order valence-electron chi connectivity index (χ0n) is 15.1. The van der Waals surface area contributed by atoms with E-state index in [1.807, 2.05) is 38.1 Å². The van der Waals surface area contributed by atoms with Crippen LogP contribution in [0.15, 0.2) is 36.4 Å². The van der Waals surface area contributed by atoms with Gasteiger partial charge in [0.05, 0.1) is 5.56 Å². The molecule has 0 unspecified atom stereocenters. The lowest BCUT2D eigenvalue weighted by molar-refractivity contribution is -0.119. The zero-order valence-corrected chi connectivity index (χ0v) is 15.1. The molecule has 0 saturated heterocycles. The molecule has 2 aromatic rings. The summed E-state index contributed by atoms with van der Waals surface area (Å²) in [7, 11) is 0. The molecule has 5 heteroatoms. The van der Waals surface area contributed by atoms with E-state index in [1.54, 1.807) is 12.1 Å². The molecular formula is C20H24N2O3. The third-order valence-electron chi connectivity index (χ3n) is 4.07. The van der Waals surface area contributed by atoms with Crippen LogP contribution in [0.2, 0.25) is 0 Å². The number of anilines is 2. The van der Waals surface area contributed by atoms with E-state index in [9.17, 15) is 9.59 Å². The Bertz CT molecular complexity index is 798. The first-order valence-corrected chi connectivity index (χ1v) is 8.22. The molecule has 0 spiro atoms. The van der Waals surface area contributed by atoms with Gasteiger partial charge in [0.15, 0.2) is 6.61 Å². The normalized spacial score (nSPS) is 10.6. The summed E-state index contributed by atoms with van der Waals surface area (Å²) in [4.78, 5) is 24.3. The molecule has 0 fully saturated rings. The van der Waals surface area contributed by atoms with E-state index in [4.69, 9.17) is 10.5 Å². The van der Waals surface area contributed by atoms with Crippen LogP contribution in [-0.2, 0) is 9.53 Å². The van der Waals surface area contributed by atoms with Crippen LogP contribution in [0.1, 0.15) is 46.8 Å². The van der Waals surface area contributed by atoms with Gasteiger partial charge in [0.1, 0.15) is 0 Å². The minimum atomic E-state index is -0.606. The van der Waals surface area contributed by atoms with Crippen LogP contribution in [0.4, 0.5) is 11.4 Å². The molecule has 5 nitrogen and oxygen atoms in total. The van der Waals surface area contributed by atoms with Crippen molar-refractivity contribution < 1.29 is 14.3 Å². The SMILES string of the molecule is Cc1cccc(C(=O)OCC(=O)Nc2c(C)cccc2C(C)C)c1N. The number of carbonyl (C=O) groups excluding carboxylic acids is 2. The first kappa shape index (κ1) is 18.5. The lowest BCUT2D eigenvalue weighted by atomic mass is 9.98. The highest BCUT2D eigenvalue weighted by Gasteiger charge is 2.16. The number of rotatable bonds is 5. The van der Waals surface area contributed by atoms with Crippen molar-refractivity contribution in [2.24, 2.45) is 0 Å². The molecule has 0 aliphatic heterocycles. The molecule has 0 aliphatic rings. The third kappa shape index (κ3) is 4.38. The zero-order chi connectivity index (χ0) is 18.6. The van der Waals surface area contributed by atoms with Gasteiger partial charge in [-0.15, -0.1) is 0 Å². The van der Waals surface area contributed by atoms with Crippen molar-refractivity contribution >= 4 is 23.3 Å². The standard InChI is InChI=1S/C20H24N2O3/c1-12(2)15-9-6-8-14(4)19(15)22-17(23)11-25-20(24)16-10-5-7-13(3)18(16)21/h5-10,12H,11,21H2,1-4H3,(H,22,23). The number of amides is 1. The van der Waals surface area contributed by atoms with Crippen molar-refractivity contribution in [2.75, 3.05) is 17.7 Å². The molecule has 2 rings (SSSR count). The van der Waals surface area contributed by atoms with Crippen LogP contribution in [0.25, 0.3) is 0 Å². The Morgan fingerprint density at radius 2 is 1.72 bits per heavy atom. The maximum Gasteiger partial charge on any atom is 0.340 e. The third-order valence-corrected chi connectivity index (χ3v) is 4.07. The second-order valence-electron chi connectivity index (χ2n) is 6.35. The molecule has 0 atom stereocenters. The smallest absolute Gasteiger partial charge is 0.340 e. The molecule has 3 N–H and O–H groups in total. The highest BCUT2D eigenvalue weighted by atomic mass is 16.5. The minimum Gasteiger partial charge on any atom is -0.452 e. The maximum atomic E-state index is 12.2. The van der Waals surface area contributed by atoms with E-state index in [-0.39, 0.29) is 24.0 Å². The average molecular weight is 340 g/mol. The summed E-state index contributed by atoms with van der Waals surface area (Å²) in [6.07, 6.45) is 0. The van der Waals surface area contributed by atoms with Crippen molar-refractivity contribution in [2.45, 2.75) is 33.6 Å². The van der Waals surface area contributed by atoms with Gasteiger partial charge in [-0.25, -0.2) is 4.79 Å². The summed E-state index contributed by atoms with van der Waals surface area (Å²) in [5.41, 5.74) is 10.1. The molecule has 1 amide bonds. The number of esters is 1. The Balaban J connectivity index is 2.05. The van der Waals surface area contributed by atoms with E-state index in [2.05, 4.69) is 19.2 Å². The van der Waals surface area contributed by atoms with Gasteiger partial charge in [0, 0.05) is 11.4 Å². The maximum absolute atomic E-state index is 12.2. The van der Waals surface area contributed by atoms with Gasteiger partial charge in [-0.05, 0) is 42.5 Å². The second-order valence-corrected chi connectivity index (χ2v) is 6.35. The van der Waals surface area contributed by atoms with Crippen LogP contribution in [0.5, 0.6) is 0 Å². The summed E-state index contributed by atoms with van der Waals surface area (Å²) in [6, 6.07) is 11.0. The van der Waals surface area contributed by atoms with Crippen molar-refractivity contribution in [3.63, 3.8) is 0 Å². The molecule has 0 heterocycles. The van der Waals surface area contributed by atoms with Crippen LogP contribution in [0, 0.1) is 13.8 Å². The van der Waals surface area contributed by atoms with Crippen molar-refractivity contribution in [3.05, 3.63) is 58.7 Å². The van der Waals surface area contributed by atoms with Crippen LogP contribution in [-0.4, -0.2) is 18.5 Å². The van der Waals surface area contributed by atoms with Gasteiger partial charge in [-0.1, -0.05) is 44.2 Å². The first-order valence-electron chi connectivity index (χ1n) is 8.22. The lowest BCUT2D eigenvalue weighted by Gasteiger charge is -2.16. The highest BCUT2D eigenvalue weighted by molar-refractivity contribution is 5.99. The van der Waals surface area contributed by atoms with Gasteiger partial charge < -0.3 is 15.8 Å². The molecule has 0 aromatic heterocycles. The fraction of sp³-hybridized carbons (Fsp3) is 0.300. The predicted octanol–water partition coefficient (Wildman–Crippen LogP) is 3.80.